The first-order valence-electron chi connectivity index (χ1n) is 5.96. The summed E-state index contributed by atoms with van der Waals surface area (Å²) in [7, 11) is 0. The van der Waals surface area contributed by atoms with E-state index in [1.807, 2.05) is 6.07 Å². The van der Waals surface area contributed by atoms with Crippen LogP contribution in [0, 0.1) is 0 Å². The summed E-state index contributed by atoms with van der Waals surface area (Å²) < 4.78 is 5.35. The van der Waals surface area contributed by atoms with Crippen LogP contribution >= 0.6 is 0 Å². The molecule has 3 heteroatoms. The molecule has 0 amide bonds. The second-order valence-electron chi connectivity index (χ2n) is 4.12. The molecule has 0 atom stereocenters. The van der Waals surface area contributed by atoms with Crippen LogP contribution in [0.2, 0.25) is 0 Å². The maximum absolute atomic E-state index is 9.90. The van der Waals surface area contributed by atoms with Gasteiger partial charge in [-0.2, -0.15) is 0 Å². The molecule has 16 heavy (non-hydrogen) atoms. The Morgan fingerprint density at radius 3 is 2.75 bits per heavy atom. The van der Waals surface area contributed by atoms with Crippen LogP contribution in [0.3, 0.4) is 0 Å². The van der Waals surface area contributed by atoms with Gasteiger partial charge in [-0.05, 0) is 18.6 Å². The van der Waals surface area contributed by atoms with Gasteiger partial charge >= 0.3 is 0 Å². The number of phenols is 1. The highest BCUT2D eigenvalue weighted by Crippen LogP contribution is 2.30. The molecule has 0 bridgehead atoms. The number of hydrogen-bond donors (Lipinski definition) is 1. The Hall–Kier alpha value is -1.22. The number of nitrogens with zero attached hydrogens (tertiary/aromatic N) is 1. The second kappa shape index (κ2) is 5.21. The third-order valence-corrected chi connectivity index (χ3v) is 2.98. The summed E-state index contributed by atoms with van der Waals surface area (Å²) in [5.41, 5.74) is 2.25. The lowest BCUT2D eigenvalue weighted by atomic mass is 10.1. The van der Waals surface area contributed by atoms with Gasteiger partial charge in [0, 0.05) is 24.3 Å². The summed E-state index contributed by atoms with van der Waals surface area (Å²) >= 11 is 0. The monoisotopic (exact) mass is 221 g/mol. The first-order valence-corrected chi connectivity index (χ1v) is 5.96. The van der Waals surface area contributed by atoms with Crippen LogP contribution < -0.4 is 4.90 Å². The Morgan fingerprint density at radius 2 is 2.06 bits per heavy atom. The molecule has 0 unspecified atom stereocenters. The van der Waals surface area contributed by atoms with E-state index in [1.165, 1.54) is 5.69 Å². The molecule has 1 aliphatic heterocycles. The molecule has 0 radical (unpaired) electrons. The van der Waals surface area contributed by atoms with Gasteiger partial charge in [0.05, 0.1) is 13.2 Å². The summed E-state index contributed by atoms with van der Waals surface area (Å²) in [6.45, 7) is 5.53. The summed E-state index contributed by atoms with van der Waals surface area (Å²) in [5, 5.41) is 9.90. The largest absolute Gasteiger partial charge is 0.508 e. The molecular formula is C13H19NO2. The lowest BCUT2D eigenvalue weighted by Crippen LogP contribution is -2.36. The summed E-state index contributed by atoms with van der Waals surface area (Å²) in [5.74, 6) is 0.422. The van der Waals surface area contributed by atoms with Crippen LogP contribution in [-0.2, 0) is 11.2 Å². The molecule has 1 aromatic rings. The second-order valence-corrected chi connectivity index (χ2v) is 4.12. The summed E-state index contributed by atoms with van der Waals surface area (Å²) in [4.78, 5) is 2.30. The van der Waals surface area contributed by atoms with E-state index >= 15 is 0 Å². The minimum atomic E-state index is 0.422. The van der Waals surface area contributed by atoms with Gasteiger partial charge in [-0.15, -0.1) is 0 Å². The van der Waals surface area contributed by atoms with Crippen molar-refractivity contribution in [1.82, 2.24) is 0 Å². The van der Waals surface area contributed by atoms with Gasteiger partial charge < -0.3 is 14.7 Å². The van der Waals surface area contributed by atoms with E-state index < -0.39 is 0 Å². The van der Waals surface area contributed by atoms with Gasteiger partial charge in [0.1, 0.15) is 5.75 Å². The topological polar surface area (TPSA) is 32.7 Å². The van der Waals surface area contributed by atoms with Crippen LogP contribution in [0.15, 0.2) is 18.2 Å². The zero-order chi connectivity index (χ0) is 11.4. The third-order valence-electron chi connectivity index (χ3n) is 2.98. The first-order chi connectivity index (χ1) is 7.83. The van der Waals surface area contributed by atoms with Gasteiger partial charge in [0.25, 0.3) is 0 Å². The number of aromatic hydroxyl groups is 1. The van der Waals surface area contributed by atoms with Gasteiger partial charge in [0.15, 0.2) is 0 Å². The minimum absolute atomic E-state index is 0.422. The zero-order valence-electron chi connectivity index (χ0n) is 9.78. The zero-order valence-corrected chi connectivity index (χ0v) is 9.78. The number of ether oxygens (including phenoxy) is 1. The quantitative estimate of drug-likeness (QED) is 0.849. The minimum Gasteiger partial charge on any atom is -0.508 e. The summed E-state index contributed by atoms with van der Waals surface area (Å²) in [6, 6.07) is 5.78. The van der Waals surface area contributed by atoms with E-state index in [9.17, 15) is 5.11 Å². The molecule has 0 aliphatic carbocycles. The van der Waals surface area contributed by atoms with Crippen molar-refractivity contribution in [2.45, 2.75) is 19.8 Å². The predicted molar refractivity (Wildman–Crippen MR) is 65.1 cm³/mol. The Morgan fingerprint density at radius 1 is 1.31 bits per heavy atom. The molecule has 1 fully saturated rings. The molecule has 3 nitrogen and oxygen atoms in total. The smallest absolute Gasteiger partial charge is 0.120 e. The lowest BCUT2D eigenvalue weighted by molar-refractivity contribution is 0.122. The van der Waals surface area contributed by atoms with E-state index in [4.69, 9.17) is 4.74 Å². The molecule has 2 rings (SSSR count). The number of morpholine rings is 1. The molecule has 0 aromatic heterocycles. The van der Waals surface area contributed by atoms with Crippen molar-refractivity contribution in [1.29, 1.82) is 0 Å². The average molecular weight is 221 g/mol. The molecule has 1 saturated heterocycles. The molecule has 1 heterocycles. The maximum atomic E-state index is 9.90. The van der Waals surface area contributed by atoms with Crippen molar-refractivity contribution >= 4 is 5.69 Å². The van der Waals surface area contributed by atoms with Crippen LogP contribution in [0.4, 0.5) is 5.69 Å². The van der Waals surface area contributed by atoms with Crippen molar-refractivity contribution < 1.29 is 9.84 Å². The highest BCUT2D eigenvalue weighted by molar-refractivity contribution is 5.59. The number of phenolic OH excluding ortho intramolecular Hbond substituents is 1. The van der Waals surface area contributed by atoms with Crippen LogP contribution in [0.1, 0.15) is 18.9 Å². The lowest BCUT2D eigenvalue weighted by Gasteiger charge is -2.30. The molecule has 88 valence electrons. The Labute approximate surface area is 96.6 Å². The average Bonchev–Trinajstić information content (AvgIpc) is 2.33. The van der Waals surface area contributed by atoms with Crippen LogP contribution in [0.5, 0.6) is 5.75 Å². The van der Waals surface area contributed by atoms with E-state index in [-0.39, 0.29) is 0 Å². The highest BCUT2D eigenvalue weighted by Gasteiger charge is 2.16. The molecule has 1 aromatic carbocycles. The van der Waals surface area contributed by atoms with E-state index in [0.717, 1.165) is 44.7 Å². The molecule has 1 aliphatic rings. The Balaban J connectivity index is 2.27. The fraction of sp³-hybridized carbons (Fsp3) is 0.538. The van der Waals surface area contributed by atoms with Gasteiger partial charge in [-0.1, -0.05) is 19.4 Å². The van der Waals surface area contributed by atoms with Gasteiger partial charge in [0.2, 0.25) is 0 Å². The van der Waals surface area contributed by atoms with Crippen molar-refractivity contribution in [3.05, 3.63) is 23.8 Å². The molecule has 1 N–H and O–H groups in total. The van der Waals surface area contributed by atoms with Crippen molar-refractivity contribution in [3.63, 3.8) is 0 Å². The number of rotatable bonds is 3. The Bertz CT molecular complexity index is 346. The fourth-order valence-corrected chi connectivity index (χ4v) is 2.17. The van der Waals surface area contributed by atoms with Gasteiger partial charge in [-0.25, -0.2) is 0 Å². The van der Waals surface area contributed by atoms with Gasteiger partial charge in [-0.3, -0.25) is 0 Å². The summed E-state index contributed by atoms with van der Waals surface area (Å²) in [6.07, 6.45) is 1.98. The number of benzene rings is 1. The molecule has 0 spiro atoms. The van der Waals surface area contributed by atoms with E-state index in [0.29, 0.717) is 5.75 Å². The van der Waals surface area contributed by atoms with Crippen LogP contribution in [0.25, 0.3) is 0 Å². The molecular weight excluding hydrogens is 202 g/mol. The number of hydrogen-bond acceptors (Lipinski definition) is 3. The number of anilines is 1. The van der Waals surface area contributed by atoms with Crippen LogP contribution in [-0.4, -0.2) is 31.4 Å². The highest BCUT2D eigenvalue weighted by atomic mass is 16.5. The van der Waals surface area contributed by atoms with Crippen molar-refractivity contribution in [2.24, 2.45) is 0 Å². The molecule has 0 saturated carbocycles. The predicted octanol–water partition coefficient (Wildman–Crippen LogP) is 2.18. The fourth-order valence-electron chi connectivity index (χ4n) is 2.17. The Kier molecular flexibility index (Phi) is 3.67. The van der Waals surface area contributed by atoms with Crippen molar-refractivity contribution in [3.8, 4) is 5.75 Å². The normalized spacial score (nSPS) is 16.4. The van der Waals surface area contributed by atoms with E-state index in [1.54, 1.807) is 6.07 Å². The maximum Gasteiger partial charge on any atom is 0.120 e. The van der Waals surface area contributed by atoms with E-state index in [2.05, 4.69) is 17.9 Å². The van der Waals surface area contributed by atoms with Crippen molar-refractivity contribution in [2.75, 3.05) is 31.2 Å². The first kappa shape index (κ1) is 11.3. The third kappa shape index (κ3) is 2.30. The standard InChI is InChI=1S/C13H19NO2/c1-2-4-11-12(5-3-6-13(11)15)14-7-9-16-10-8-14/h3,5-6,15H,2,4,7-10H2,1H3. The SMILES string of the molecule is CCCc1c(O)cccc1N1CCOCC1.